The molecule has 0 aliphatic rings. The van der Waals surface area contributed by atoms with Gasteiger partial charge in [-0.05, 0) is 28.8 Å². The molecule has 0 spiro atoms. The van der Waals surface area contributed by atoms with E-state index in [0.717, 1.165) is 16.7 Å². The van der Waals surface area contributed by atoms with E-state index in [0.29, 0.717) is 11.4 Å². The first-order chi connectivity index (χ1) is 13.6. The lowest BCUT2D eigenvalue weighted by Crippen LogP contribution is -2.22. The number of aliphatic carboxylic acids is 1. The first-order valence-electron chi connectivity index (χ1n) is 8.93. The zero-order chi connectivity index (χ0) is 19.8. The minimum atomic E-state index is -0.818. The average Bonchev–Trinajstić information content (AvgIpc) is 2.71. The zero-order valence-electron chi connectivity index (χ0n) is 15.2. The molecule has 5 heteroatoms. The molecule has 0 unspecified atom stereocenters. The number of benzene rings is 3. The maximum atomic E-state index is 13.1. The second kappa shape index (κ2) is 9.76. The van der Waals surface area contributed by atoms with Gasteiger partial charge in [0.25, 0.3) is 0 Å². The number of hydrogen-bond donors (Lipinski definition) is 2. The van der Waals surface area contributed by atoms with Crippen LogP contribution in [0.3, 0.4) is 0 Å². The Balaban J connectivity index is 1.73. The molecule has 0 saturated heterocycles. The molecule has 28 heavy (non-hydrogen) atoms. The molecule has 0 atom stereocenters. The fraction of sp³-hybridized carbons (Fsp3) is 0.130. The highest BCUT2D eigenvalue weighted by molar-refractivity contribution is 7.99. The van der Waals surface area contributed by atoms with E-state index in [1.54, 1.807) is 0 Å². The normalized spacial score (nSPS) is 10.6. The van der Waals surface area contributed by atoms with Crippen LogP contribution in [-0.2, 0) is 15.3 Å². The Hall–Kier alpha value is -3.05. The molecule has 3 aromatic rings. The van der Waals surface area contributed by atoms with E-state index in [2.05, 4.69) is 5.32 Å². The Labute approximate surface area is 168 Å². The van der Waals surface area contributed by atoms with Crippen LogP contribution in [0.1, 0.15) is 22.6 Å². The van der Waals surface area contributed by atoms with Crippen LogP contribution in [0.4, 0.5) is 5.69 Å². The van der Waals surface area contributed by atoms with Gasteiger partial charge in [-0.1, -0.05) is 72.8 Å². The summed E-state index contributed by atoms with van der Waals surface area (Å²) in [6, 6.07) is 26.9. The highest BCUT2D eigenvalue weighted by Gasteiger charge is 2.22. The summed E-state index contributed by atoms with van der Waals surface area (Å²) in [5.41, 5.74) is 3.61. The molecule has 3 aromatic carbocycles. The summed E-state index contributed by atoms with van der Waals surface area (Å²) in [5, 5.41) is 11.7. The fourth-order valence-corrected chi connectivity index (χ4v) is 3.65. The molecular weight excluding hydrogens is 370 g/mol. The molecule has 1 amide bonds. The maximum Gasteiger partial charge on any atom is 0.313 e. The first-order valence-corrected chi connectivity index (χ1v) is 10.1. The van der Waals surface area contributed by atoms with Crippen LogP contribution >= 0.6 is 11.8 Å². The van der Waals surface area contributed by atoms with E-state index in [1.165, 1.54) is 11.8 Å². The molecule has 2 N–H and O–H groups in total. The third kappa shape index (κ3) is 5.47. The third-order valence-corrected chi connectivity index (χ3v) is 5.23. The van der Waals surface area contributed by atoms with Crippen LogP contribution in [-0.4, -0.2) is 22.7 Å². The van der Waals surface area contributed by atoms with Gasteiger partial charge in [0.1, 0.15) is 0 Å². The Morgan fingerprint density at radius 3 is 1.86 bits per heavy atom. The lowest BCUT2D eigenvalue weighted by Gasteiger charge is -2.18. The van der Waals surface area contributed by atoms with Crippen molar-refractivity contribution in [1.82, 2.24) is 0 Å². The van der Waals surface area contributed by atoms with Crippen molar-refractivity contribution in [1.29, 1.82) is 0 Å². The standard InChI is InChI=1S/C23H21NO3S/c25-21(26)16-28-15-17-11-13-20(14-12-17)24-23(27)22(18-7-3-1-4-8-18)19-9-5-2-6-10-19/h1-14,22H,15-16H2,(H,24,27)(H,25,26). The van der Waals surface area contributed by atoms with Crippen LogP contribution in [0, 0.1) is 0 Å². The molecule has 142 valence electrons. The third-order valence-electron chi connectivity index (χ3n) is 4.24. The molecule has 4 nitrogen and oxygen atoms in total. The average molecular weight is 391 g/mol. The van der Waals surface area contributed by atoms with Gasteiger partial charge in [0.2, 0.25) is 5.91 Å². The van der Waals surface area contributed by atoms with E-state index < -0.39 is 11.9 Å². The first kappa shape index (κ1) is 19.7. The lowest BCUT2D eigenvalue weighted by molar-refractivity contribution is -0.133. The van der Waals surface area contributed by atoms with Gasteiger partial charge in [0.15, 0.2) is 0 Å². The van der Waals surface area contributed by atoms with Crippen molar-refractivity contribution in [2.75, 3.05) is 11.1 Å². The number of nitrogens with one attached hydrogen (secondary N) is 1. The van der Waals surface area contributed by atoms with Crippen molar-refractivity contribution >= 4 is 29.3 Å². The van der Waals surface area contributed by atoms with Crippen LogP contribution in [0.25, 0.3) is 0 Å². The molecule has 0 aliphatic heterocycles. The van der Waals surface area contributed by atoms with Crippen molar-refractivity contribution in [3.8, 4) is 0 Å². The van der Waals surface area contributed by atoms with Crippen molar-refractivity contribution in [3.05, 3.63) is 102 Å². The van der Waals surface area contributed by atoms with Crippen LogP contribution in [0.15, 0.2) is 84.9 Å². The van der Waals surface area contributed by atoms with Crippen LogP contribution in [0.2, 0.25) is 0 Å². The van der Waals surface area contributed by atoms with Crippen molar-refractivity contribution in [3.63, 3.8) is 0 Å². The number of rotatable bonds is 8. The molecule has 0 heterocycles. The molecule has 0 radical (unpaired) electrons. The highest BCUT2D eigenvalue weighted by atomic mass is 32.2. The zero-order valence-corrected chi connectivity index (χ0v) is 16.1. The van der Waals surface area contributed by atoms with Gasteiger partial charge in [-0.3, -0.25) is 9.59 Å². The highest BCUT2D eigenvalue weighted by Crippen LogP contribution is 2.26. The Morgan fingerprint density at radius 1 is 0.821 bits per heavy atom. The molecule has 3 rings (SSSR count). The summed E-state index contributed by atoms with van der Waals surface area (Å²) in [4.78, 5) is 23.7. The van der Waals surface area contributed by atoms with Crippen LogP contribution in [0.5, 0.6) is 0 Å². The number of carbonyl (C=O) groups excluding carboxylic acids is 1. The van der Waals surface area contributed by atoms with Crippen molar-refractivity contribution in [2.24, 2.45) is 0 Å². The van der Waals surface area contributed by atoms with Gasteiger partial charge in [-0.2, -0.15) is 0 Å². The van der Waals surface area contributed by atoms with Gasteiger partial charge in [-0.15, -0.1) is 11.8 Å². The Bertz CT molecular complexity index is 872. The van der Waals surface area contributed by atoms with E-state index >= 15 is 0 Å². The summed E-state index contributed by atoms with van der Waals surface area (Å²) in [6.07, 6.45) is 0. The fourth-order valence-electron chi connectivity index (χ4n) is 2.94. The summed E-state index contributed by atoms with van der Waals surface area (Å²) < 4.78 is 0. The van der Waals surface area contributed by atoms with Crippen molar-refractivity contribution < 1.29 is 14.7 Å². The molecular formula is C23H21NO3S. The summed E-state index contributed by atoms with van der Waals surface area (Å²) in [6.45, 7) is 0. The van der Waals surface area contributed by atoms with E-state index in [9.17, 15) is 9.59 Å². The number of hydrogen-bond acceptors (Lipinski definition) is 3. The van der Waals surface area contributed by atoms with Gasteiger partial charge in [0.05, 0.1) is 11.7 Å². The predicted molar refractivity (Wildman–Crippen MR) is 114 cm³/mol. The number of carboxylic acids is 1. The number of amides is 1. The number of thioether (sulfide) groups is 1. The van der Waals surface area contributed by atoms with Gasteiger partial charge >= 0.3 is 5.97 Å². The van der Waals surface area contributed by atoms with Gasteiger partial charge in [-0.25, -0.2) is 0 Å². The van der Waals surface area contributed by atoms with Crippen LogP contribution < -0.4 is 5.32 Å². The second-order valence-electron chi connectivity index (χ2n) is 6.33. The Morgan fingerprint density at radius 2 is 1.36 bits per heavy atom. The summed E-state index contributed by atoms with van der Waals surface area (Å²) in [7, 11) is 0. The molecule has 0 bridgehead atoms. The number of carbonyl (C=O) groups is 2. The minimum Gasteiger partial charge on any atom is -0.481 e. The smallest absolute Gasteiger partial charge is 0.313 e. The predicted octanol–water partition coefficient (Wildman–Crippen LogP) is 4.78. The van der Waals surface area contributed by atoms with E-state index in [-0.39, 0.29) is 11.7 Å². The lowest BCUT2D eigenvalue weighted by atomic mass is 9.90. The summed E-state index contributed by atoms with van der Waals surface area (Å²) >= 11 is 1.35. The van der Waals surface area contributed by atoms with Gasteiger partial charge < -0.3 is 10.4 Å². The molecule has 0 saturated carbocycles. The monoisotopic (exact) mass is 391 g/mol. The molecule has 0 fully saturated rings. The molecule has 0 aromatic heterocycles. The maximum absolute atomic E-state index is 13.1. The van der Waals surface area contributed by atoms with E-state index in [1.807, 2.05) is 84.9 Å². The second-order valence-corrected chi connectivity index (χ2v) is 7.31. The number of anilines is 1. The molecule has 0 aliphatic carbocycles. The minimum absolute atomic E-state index is 0.0777. The van der Waals surface area contributed by atoms with Crippen molar-refractivity contribution in [2.45, 2.75) is 11.7 Å². The van der Waals surface area contributed by atoms with Gasteiger partial charge in [0, 0.05) is 11.4 Å². The SMILES string of the molecule is O=C(O)CSCc1ccc(NC(=O)C(c2ccccc2)c2ccccc2)cc1. The number of carboxylic acid groups (broad SMARTS) is 1. The summed E-state index contributed by atoms with van der Waals surface area (Å²) in [5.74, 6) is -0.605. The largest absolute Gasteiger partial charge is 0.481 e. The Kier molecular flexibility index (Phi) is 6.87. The quantitative estimate of drug-likeness (QED) is 0.580. The topological polar surface area (TPSA) is 66.4 Å². The van der Waals surface area contributed by atoms with E-state index in [4.69, 9.17) is 5.11 Å².